The summed E-state index contributed by atoms with van der Waals surface area (Å²) in [5.74, 6) is 1.24. The quantitative estimate of drug-likeness (QED) is 0.718. The Morgan fingerprint density at radius 3 is 2.80 bits per heavy atom. The minimum atomic E-state index is -0.154. The van der Waals surface area contributed by atoms with Gasteiger partial charge in [-0.2, -0.15) is 0 Å². The lowest BCUT2D eigenvalue weighted by Gasteiger charge is -2.38. The predicted molar refractivity (Wildman–Crippen MR) is 60.6 cm³/mol. The summed E-state index contributed by atoms with van der Waals surface area (Å²) in [4.78, 5) is 2.34. The lowest BCUT2D eigenvalue weighted by atomic mass is 10.00. The smallest absolute Gasteiger partial charge is 0.123 e. The highest BCUT2D eigenvalue weighted by Gasteiger charge is 2.25. The first-order chi connectivity index (χ1) is 7.19. The van der Waals surface area contributed by atoms with Gasteiger partial charge in [0.05, 0.1) is 0 Å². The number of hydrogen-bond donors (Lipinski definition) is 0. The van der Waals surface area contributed by atoms with Crippen LogP contribution >= 0.6 is 11.6 Å². The number of benzene rings is 1. The Morgan fingerprint density at radius 1 is 1.47 bits per heavy atom. The van der Waals surface area contributed by atoms with Crippen LogP contribution in [0.2, 0.25) is 0 Å². The van der Waals surface area contributed by atoms with Gasteiger partial charge in [-0.3, -0.25) is 4.90 Å². The second kappa shape index (κ2) is 4.50. The molecule has 0 aliphatic carbocycles. The van der Waals surface area contributed by atoms with Crippen molar-refractivity contribution < 1.29 is 4.39 Å². The molecule has 1 aromatic carbocycles. The monoisotopic (exact) mass is 227 g/mol. The van der Waals surface area contributed by atoms with E-state index in [0.717, 1.165) is 31.1 Å². The van der Waals surface area contributed by atoms with Gasteiger partial charge in [0.1, 0.15) is 5.82 Å². The summed E-state index contributed by atoms with van der Waals surface area (Å²) in [6.07, 6.45) is 0. The first-order valence-corrected chi connectivity index (χ1v) is 5.76. The van der Waals surface area contributed by atoms with Crippen LogP contribution in [0.5, 0.6) is 0 Å². The maximum atomic E-state index is 12.9. The van der Waals surface area contributed by atoms with Gasteiger partial charge < -0.3 is 0 Å². The predicted octanol–water partition coefficient (Wildman–Crippen LogP) is 2.80. The molecule has 0 N–H and O–H groups in total. The van der Waals surface area contributed by atoms with Crippen molar-refractivity contribution in [3.8, 4) is 0 Å². The average molecular weight is 228 g/mol. The van der Waals surface area contributed by atoms with Crippen LogP contribution in [0.1, 0.15) is 11.1 Å². The van der Waals surface area contributed by atoms with Crippen molar-refractivity contribution in [1.82, 2.24) is 4.90 Å². The third kappa shape index (κ3) is 2.50. The van der Waals surface area contributed by atoms with Crippen LogP contribution in [-0.4, -0.2) is 23.9 Å². The van der Waals surface area contributed by atoms with Crippen LogP contribution in [0.15, 0.2) is 18.2 Å². The van der Waals surface area contributed by atoms with Gasteiger partial charge in [0, 0.05) is 25.5 Å². The Balaban J connectivity index is 1.94. The summed E-state index contributed by atoms with van der Waals surface area (Å²) in [6.45, 7) is 5.01. The van der Waals surface area contributed by atoms with Gasteiger partial charge in [0.25, 0.3) is 0 Å². The van der Waals surface area contributed by atoms with Gasteiger partial charge in [0.2, 0.25) is 0 Å². The van der Waals surface area contributed by atoms with Gasteiger partial charge in [-0.25, -0.2) is 4.39 Å². The molecular formula is C12H15ClFN. The fourth-order valence-electron chi connectivity index (χ4n) is 1.98. The Kier molecular flexibility index (Phi) is 3.27. The topological polar surface area (TPSA) is 3.24 Å². The molecule has 0 atom stereocenters. The van der Waals surface area contributed by atoms with E-state index < -0.39 is 0 Å². The van der Waals surface area contributed by atoms with Crippen LogP contribution in [0.25, 0.3) is 0 Å². The number of nitrogens with zero attached hydrogens (tertiary/aromatic N) is 1. The molecule has 3 heteroatoms. The highest BCUT2D eigenvalue weighted by atomic mass is 35.5. The molecule has 0 saturated carbocycles. The molecular weight excluding hydrogens is 213 g/mol. The van der Waals surface area contributed by atoms with E-state index in [1.54, 1.807) is 6.07 Å². The number of halogens is 2. The number of hydrogen-bond acceptors (Lipinski definition) is 1. The van der Waals surface area contributed by atoms with E-state index in [-0.39, 0.29) is 5.82 Å². The van der Waals surface area contributed by atoms with E-state index in [1.165, 1.54) is 11.6 Å². The van der Waals surface area contributed by atoms with E-state index in [9.17, 15) is 4.39 Å². The van der Waals surface area contributed by atoms with Crippen molar-refractivity contribution in [2.45, 2.75) is 13.5 Å². The first kappa shape index (κ1) is 10.9. The number of rotatable bonds is 3. The second-order valence-corrected chi connectivity index (χ2v) is 4.59. The fourth-order valence-corrected chi connectivity index (χ4v) is 2.18. The van der Waals surface area contributed by atoms with Gasteiger partial charge >= 0.3 is 0 Å². The zero-order valence-electron chi connectivity index (χ0n) is 8.84. The summed E-state index contributed by atoms with van der Waals surface area (Å²) in [6, 6.07) is 4.99. The highest BCUT2D eigenvalue weighted by molar-refractivity contribution is 6.18. The maximum absolute atomic E-state index is 12.9. The average Bonchev–Trinajstić information content (AvgIpc) is 2.13. The third-order valence-electron chi connectivity index (χ3n) is 2.95. The van der Waals surface area contributed by atoms with E-state index in [0.29, 0.717) is 5.92 Å². The Hall–Kier alpha value is -0.600. The van der Waals surface area contributed by atoms with Gasteiger partial charge in [-0.1, -0.05) is 6.07 Å². The van der Waals surface area contributed by atoms with Crippen molar-refractivity contribution >= 4 is 11.6 Å². The summed E-state index contributed by atoms with van der Waals surface area (Å²) in [5.41, 5.74) is 2.24. The molecule has 0 aromatic heterocycles. The Morgan fingerprint density at radius 2 is 2.20 bits per heavy atom. The molecule has 15 heavy (non-hydrogen) atoms. The van der Waals surface area contributed by atoms with Gasteiger partial charge in [-0.15, -0.1) is 11.6 Å². The molecule has 2 rings (SSSR count). The van der Waals surface area contributed by atoms with Crippen molar-refractivity contribution in [2.24, 2.45) is 5.92 Å². The fraction of sp³-hybridized carbons (Fsp3) is 0.500. The minimum Gasteiger partial charge on any atom is -0.298 e. The van der Waals surface area contributed by atoms with Crippen molar-refractivity contribution in [3.05, 3.63) is 35.1 Å². The molecule has 0 spiro atoms. The van der Waals surface area contributed by atoms with Crippen LogP contribution in [-0.2, 0) is 6.54 Å². The molecule has 82 valence electrons. The molecule has 0 amide bonds. The van der Waals surface area contributed by atoms with Crippen molar-refractivity contribution in [3.63, 3.8) is 0 Å². The first-order valence-electron chi connectivity index (χ1n) is 5.22. The molecule has 0 radical (unpaired) electrons. The lowest BCUT2D eigenvalue weighted by Crippen LogP contribution is -2.46. The third-order valence-corrected chi connectivity index (χ3v) is 3.39. The molecule has 1 nitrogen and oxygen atoms in total. The minimum absolute atomic E-state index is 0.154. The molecule has 1 fully saturated rings. The maximum Gasteiger partial charge on any atom is 0.123 e. The molecule has 1 saturated heterocycles. The summed E-state index contributed by atoms with van der Waals surface area (Å²) < 4.78 is 12.9. The second-order valence-electron chi connectivity index (χ2n) is 4.29. The van der Waals surface area contributed by atoms with Crippen LogP contribution in [0.3, 0.4) is 0 Å². The van der Waals surface area contributed by atoms with E-state index in [1.807, 2.05) is 13.0 Å². The zero-order chi connectivity index (χ0) is 10.8. The van der Waals surface area contributed by atoms with Gasteiger partial charge in [0.15, 0.2) is 0 Å². The zero-order valence-corrected chi connectivity index (χ0v) is 9.60. The SMILES string of the molecule is Cc1cc(F)ccc1CN1CC(CCl)C1. The highest BCUT2D eigenvalue weighted by Crippen LogP contribution is 2.21. The number of aryl methyl sites for hydroxylation is 1. The standard InChI is InChI=1S/C12H15ClFN/c1-9-4-12(14)3-2-11(9)8-15-6-10(5-13)7-15/h2-4,10H,5-8H2,1H3. The summed E-state index contributed by atoms with van der Waals surface area (Å²) >= 11 is 5.75. The van der Waals surface area contributed by atoms with Crippen LogP contribution in [0, 0.1) is 18.7 Å². The Labute approximate surface area is 94.8 Å². The molecule has 1 aliphatic rings. The van der Waals surface area contributed by atoms with E-state index in [4.69, 9.17) is 11.6 Å². The lowest BCUT2D eigenvalue weighted by molar-refractivity contribution is 0.107. The molecule has 1 aromatic rings. The summed E-state index contributed by atoms with van der Waals surface area (Å²) in [5, 5.41) is 0. The van der Waals surface area contributed by atoms with Crippen LogP contribution in [0.4, 0.5) is 4.39 Å². The normalized spacial score (nSPS) is 17.8. The number of likely N-dealkylation sites (tertiary alicyclic amines) is 1. The molecule has 0 bridgehead atoms. The van der Waals surface area contributed by atoms with E-state index >= 15 is 0 Å². The van der Waals surface area contributed by atoms with E-state index in [2.05, 4.69) is 4.90 Å². The van der Waals surface area contributed by atoms with Gasteiger partial charge in [-0.05, 0) is 36.1 Å². The molecule has 1 heterocycles. The van der Waals surface area contributed by atoms with Crippen molar-refractivity contribution in [1.29, 1.82) is 0 Å². The largest absolute Gasteiger partial charge is 0.298 e. The summed E-state index contributed by atoms with van der Waals surface area (Å²) in [7, 11) is 0. The van der Waals surface area contributed by atoms with Crippen molar-refractivity contribution in [2.75, 3.05) is 19.0 Å². The molecule has 0 unspecified atom stereocenters. The van der Waals surface area contributed by atoms with Crippen LogP contribution < -0.4 is 0 Å². The molecule has 1 aliphatic heterocycles. The Bertz CT molecular complexity index is 347. The number of alkyl halides is 1.